The zero-order chi connectivity index (χ0) is 25.0. The van der Waals surface area contributed by atoms with Crippen LogP contribution in [0.2, 0.25) is 25.7 Å². The largest absolute Gasteiger partial charge is 0.508 e. The van der Waals surface area contributed by atoms with E-state index in [9.17, 15) is 19.5 Å². The molecule has 0 saturated heterocycles. The molecule has 0 heterocycles. The van der Waals surface area contributed by atoms with Crippen LogP contribution in [0.4, 0.5) is 0 Å². The molecule has 0 aromatic heterocycles. The highest BCUT2D eigenvalue weighted by atomic mass is 28.3. The van der Waals surface area contributed by atoms with Gasteiger partial charge in [0.1, 0.15) is 5.75 Å². The zero-order valence-corrected chi connectivity index (χ0v) is 21.8. The molecule has 0 amide bonds. The van der Waals surface area contributed by atoms with Gasteiger partial charge in [-0.25, -0.2) is 4.79 Å². The molecule has 7 nitrogen and oxygen atoms in total. The lowest BCUT2D eigenvalue weighted by atomic mass is 9.54. The van der Waals surface area contributed by atoms with E-state index in [0.29, 0.717) is 25.0 Å². The Bertz CT molecular complexity index is 962. The smallest absolute Gasteiger partial charge is 0.330 e. The summed E-state index contributed by atoms with van der Waals surface area (Å²) in [6, 6.07) is 5.85. The Morgan fingerprint density at radius 1 is 1.00 bits per heavy atom. The van der Waals surface area contributed by atoms with Crippen molar-refractivity contribution in [2.45, 2.75) is 64.2 Å². The second-order valence-corrected chi connectivity index (χ2v) is 15.9. The van der Waals surface area contributed by atoms with E-state index in [1.165, 1.54) is 6.08 Å². The molecule has 1 unspecified atom stereocenters. The van der Waals surface area contributed by atoms with Crippen LogP contribution in [0.15, 0.2) is 29.8 Å². The van der Waals surface area contributed by atoms with Gasteiger partial charge in [0.15, 0.2) is 0 Å². The fourth-order valence-electron chi connectivity index (χ4n) is 4.99. The van der Waals surface area contributed by atoms with Crippen LogP contribution in [0, 0.1) is 11.8 Å². The van der Waals surface area contributed by atoms with E-state index in [1.54, 1.807) is 25.1 Å². The van der Waals surface area contributed by atoms with Gasteiger partial charge in [-0.15, -0.1) is 0 Å². The minimum Gasteiger partial charge on any atom is -0.508 e. The number of allylic oxidation sites excluding steroid dienone is 1. The zero-order valence-electron chi connectivity index (χ0n) is 20.8. The molecule has 0 aliphatic heterocycles. The number of hydrogen-bond acceptors (Lipinski definition) is 7. The van der Waals surface area contributed by atoms with E-state index >= 15 is 0 Å². The molecule has 2 bridgehead atoms. The van der Waals surface area contributed by atoms with Gasteiger partial charge in [0.25, 0.3) is 0 Å². The highest BCUT2D eigenvalue weighted by Crippen LogP contribution is 2.59. The summed E-state index contributed by atoms with van der Waals surface area (Å²) in [4.78, 5) is 39.0. The van der Waals surface area contributed by atoms with Crippen molar-refractivity contribution in [1.29, 1.82) is 0 Å². The van der Waals surface area contributed by atoms with Crippen molar-refractivity contribution in [2.75, 3.05) is 19.8 Å². The van der Waals surface area contributed by atoms with Gasteiger partial charge in [-0.1, -0.05) is 38.2 Å². The average molecular weight is 489 g/mol. The van der Waals surface area contributed by atoms with Gasteiger partial charge in [-0.2, -0.15) is 0 Å². The van der Waals surface area contributed by atoms with E-state index in [4.69, 9.17) is 14.2 Å². The molecule has 186 valence electrons. The number of rotatable bonds is 9. The average Bonchev–Trinajstić information content (AvgIpc) is 2.76. The second kappa shape index (κ2) is 10.8. The van der Waals surface area contributed by atoms with Crippen molar-refractivity contribution in [3.63, 3.8) is 0 Å². The lowest BCUT2D eigenvalue weighted by molar-refractivity contribution is -0.164. The number of esters is 3. The normalized spacial score (nSPS) is 24.4. The number of fused-ring (bicyclic) bond motifs is 2. The lowest BCUT2D eigenvalue weighted by Gasteiger charge is -2.48. The number of ether oxygens (including phenoxy) is 3. The molecule has 0 radical (unpaired) electrons. The number of hydrogen-bond donors (Lipinski definition) is 1. The predicted octanol–water partition coefficient (Wildman–Crippen LogP) is 4.53. The first-order chi connectivity index (χ1) is 16.1. The van der Waals surface area contributed by atoms with E-state index in [2.05, 4.69) is 19.6 Å². The van der Waals surface area contributed by atoms with E-state index in [0.717, 1.165) is 17.2 Å². The molecule has 0 spiro atoms. The first-order valence-electron chi connectivity index (χ1n) is 12.1. The van der Waals surface area contributed by atoms with E-state index in [1.807, 2.05) is 6.92 Å². The van der Waals surface area contributed by atoms with Crippen LogP contribution in [0.5, 0.6) is 5.75 Å². The summed E-state index contributed by atoms with van der Waals surface area (Å²) in [7, 11) is -1.40. The molecule has 34 heavy (non-hydrogen) atoms. The van der Waals surface area contributed by atoms with Crippen molar-refractivity contribution in [2.24, 2.45) is 11.8 Å². The fraction of sp³-hybridized carbons (Fsp3) is 0.577. The molecule has 1 fully saturated rings. The summed E-state index contributed by atoms with van der Waals surface area (Å²) < 4.78 is 16.4. The third kappa shape index (κ3) is 5.71. The summed E-state index contributed by atoms with van der Waals surface area (Å²) in [6.45, 7) is 11.1. The highest BCUT2D eigenvalue weighted by molar-refractivity contribution is 6.76. The summed E-state index contributed by atoms with van der Waals surface area (Å²) >= 11 is 0. The Morgan fingerprint density at radius 2 is 1.68 bits per heavy atom. The maximum atomic E-state index is 13.4. The Labute approximate surface area is 202 Å². The number of phenolic OH excluding ortho intramolecular Hbond substituents is 1. The molecule has 1 aromatic carbocycles. The Hall–Kier alpha value is -2.61. The van der Waals surface area contributed by atoms with Gasteiger partial charge < -0.3 is 19.3 Å². The first kappa shape index (κ1) is 26.0. The van der Waals surface area contributed by atoms with Crippen molar-refractivity contribution >= 4 is 26.0 Å². The van der Waals surface area contributed by atoms with Crippen LogP contribution in [0.25, 0.3) is 0 Å². The molecular weight excluding hydrogens is 452 g/mol. The van der Waals surface area contributed by atoms with Crippen molar-refractivity contribution in [1.82, 2.24) is 0 Å². The van der Waals surface area contributed by atoms with Crippen LogP contribution in [0.3, 0.4) is 0 Å². The maximum Gasteiger partial charge on any atom is 0.330 e. The maximum absolute atomic E-state index is 13.4. The Morgan fingerprint density at radius 3 is 2.32 bits per heavy atom. The van der Waals surface area contributed by atoms with Crippen LogP contribution in [-0.4, -0.2) is 50.9 Å². The quantitative estimate of drug-likeness (QED) is 0.236. The molecule has 4 atom stereocenters. The Kier molecular flexibility index (Phi) is 8.23. The number of carbonyl (C=O) groups is 3. The lowest BCUT2D eigenvalue weighted by Crippen LogP contribution is -2.48. The van der Waals surface area contributed by atoms with Gasteiger partial charge >= 0.3 is 17.9 Å². The molecule has 1 saturated carbocycles. The number of benzene rings is 1. The van der Waals surface area contributed by atoms with E-state index < -0.39 is 43.7 Å². The second-order valence-electron chi connectivity index (χ2n) is 10.3. The summed E-state index contributed by atoms with van der Waals surface area (Å²) in [5.41, 5.74) is 2.36. The number of carbonyl (C=O) groups excluding carboxylic acids is 3. The number of phenols is 1. The summed E-state index contributed by atoms with van der Waals surface area (Å²) in [6.07, 6.45) is 2.52. The number of aromatic hydroxyl groups is 1. The van der Waals surface area contributed by atoms with Crippen molar-refractivity contribution < 1.29 is 33.7 Å². The molecule has 3 aliphatic rings. The first-order valence-corrected chi connectivity index (χ1v) is 15.8. The predicted molar refractivity (Wildman–Crippen MR) is 130 cm³/mol. The van der Waals surface area contributed by atoms with Crippen LogP contribution in [0.1, 0.15) is 49.7 Å². The Balaban J connectivity index is 2.04. The monoisotopic (exact) mass is 488 g/mol. The molecule has 1 aromatic rings. The van der Waals surface area contributed by atoms with Crippen LogP contribution in [-0.2, 0) is 28.6 Å². The minimum atomic E-state index is -1.40. The van der Waals surface area contributed by atoms with Gasteiger partial charge in [0.2, 0.25) is 0 Å². The standard InChI is InChI=1S/C26H36O7Si/c1-6-10-32-26(30)24-22-16(14-21(28)31-7-2)13-19(18-9-8-17(27)15-20(18)22)23(24)25(29)33-11-12-34(3,4)5/h8-9,14-15,19,22-24,27H,6-7,10-13H2,1-5H3/b16-14+/t19?,22-,23+,24+/m0/s1. The van der Waals surface area contributed by atoms with Crippen molar-refractivity contribution in [3.05, 3.63) is 41.0 Å². The minimum absolute atomic E-state index is 0.0664. The highest BCUT2D eigenvalue weighted by Gasteiger charge is 2.56. The molecule has 3 aliphatic carbocycles. The van der Waals surface area contributed by atoms with Crippen molar-refractivity contribution in [3.8, 4) is 5.75 Å². The van der Waals surface area contributed by atoms with Gasteiger partial charge in [-0.05, 0) is 49.1 Å². The third-order valence-corrected chi connectivity index (χ3v) is 8.22. The molecular formula is C26H36O7Si. The summed E-state index contributed by atoms with van der Waals surface area (Å²) in [5, 5.41) is 10.2. The molecule has 8 heteroatoms. The topological polar surface area (TPSA) is 99.1 Å². The van der Waals surface area contributed by atoms with E-state index in [-0.39, 0.29) is 24.9 Å². The van der Waals surface area contributed by atoms with Gasteiger partial charge in [-0.3, -0.25) is 9.59 Å². The molecule has 4 rings (SSSR count). The van der Waals surface area contributed by atoms with Gasteiger partial charge in [0, 0.05) is 26.0 Å². The third-order valence-electron chi connectivity index (χ3n) is 6.52. The van der Waals surface area contributed by atoms with Crippen LogP contribution >= 0.6 is 0 Å². The fourth-order valence-corrected chi connectivity index (χ4v) is 5.71. The molecule has 1 N–H and O–H groups in total. The summed E-state index contributed by atoms with van der Waals surface area (Å²) in [5.74, 6) is -3.78. The SMILES string of the molecule is CCCOC(=O)[C@H]1[C@H](C(=O)OCC[Si](C)(C)C)C2C/C(=C\C(=O)OCC)[C@H]1c1cc(O)ccc12. The van der Waals surface area contributed by atoms with Gasteiger partial charge in [0.05, 0.1) is 31.7 Å². The van der Waals surface area contributed by atoms with Crippen LogP contribution < -0.4 is 0 Å².